The highest BCUT2D eigenvalue weighted by Gasteiger charge is 2.22. The highest BCUT2D eigenvalue weighted by Crippen LogP contribution is 2.49. The molecule has 0 bridgehead atoms. The second-order valence-corrected chi connectivity index (χ2v) is 13.7. The maximum atomic E-state index is 4.95. The first-order valence-corrected chi connectivity index (χ1v) is 18.1. The summed E-state index contributed by atoms with van der Waals surface area (Å²) in [5, 5.41) is 6.99. The minimum absolute atomic E-state index is 0.617. The van der Waals surface area contributed by atoms with Crippen molar-refractivity contribution >= 4 is 48.8 Å². The Labute approximate surface area is 304 Å². The fourth-order valence-corrected chi connectivity index (χ4v) is 8.60. The van der Waals surface area contributed by atoms with Gasteiger partial charge in [-0.15, -0.1) is 11.3 Å². The summed E-state index contributed by atoms with van der Waals surface area (Å²) in [5.74, 6) is 1.89. The number of aromatic nitrogens is 5. The van der Waals surface area contributed by atoms with Gasteiger partial charge in [-0.2, -0.15) is 0 Å². The van der Waals surface area contributed by atoms with Crippen LogP contribution in [0.1, 0.15) is 5.82 Å². The van der Waals surface area contributed by atoms with Crippen LogP contribution in [0.3, 0.4) is 0 Å². The van der Waals surface area contributed by atoms with Crippen LogP contribution in [0.25, 0.3) is 87.5 Å². The number of rotatable bonds is 6. The van der Waals surface area contributed by atoms with Gasteiger partial charge in [-0.3, -0.25) is 4.98 Å². The number of nitrogens with zero attached hydrogens (tertiary/aromatic N) is 5. The van der Waals surface area contributed by atoms with Crippen LogP contribution < -0.4 is 5.32 Å². The molecule has 5 aromatic carbocycles. The average Bonchev–Trinajstić information content (AvgIpc) is 3.78. The Morgan fingerprint density at radius 2 is 1.23 bits per heavy atom. The summed E-state index contributed by atoms with van der Waals surface area (Å²) >= 11 is 1.88. The largest absolute Gasteiger partial charge is 0.387 e. The van der Waals surface area contributed by atoms with E-state index in [2.05, 4.69) is 142 Å². The second kappa shape index (κ2) is 12.6. The number of hydrogen-bond acceptors (Lipinski definition) is 6. The smallest absolute Gasteiger partial charge is 0.164 e. The molecule has 1 aliphatic rings. The molecule has 0 unspecified atom stereocenters. The zero-order valence-corrected chi connectivity index (χ0v) is 28.8. The first kappa shape index (κ1) is 30.2. The van der Waals surface area contributed by atoms with Crippen molar-refractivity contribution in [2.45, 2.75) is 0 Å². The third-order valence-corrected chi connectivity index (χ3v) is 10.9. The zero-order chi connectivity index (χ0) is 34.4. The number of benzene rings is 5. The van der Waals surface area contributed by atoms with E-state index in [1.54, 1.807) is 12.4 Å². The van der Waals surface area contributed by atoms with Gasteiger partial charge in [0.15, 0.2) is 17.5 Å². The summed E-state index contributed by atoms with van der Waals surface area (Å²) in [6.45, 7) is 0.726. The Kier molecular flexibility index (Phi) is 7.29. The summed E-state index contributed by atoms with van der Waals surface area (Å²) in [6, 6.07) is 47.3. The van der Waals surface area contributed by atoms with Gasteiger partial charge in [0.25, 0.3) is 0 Å². The van der Waals surface area contributed by atoms with Gasteiger partial charge in [-0.1, -0.05) is 91.0 Å². The highest BCUT2D eigenvalue weighted by molar-refractivity contribution is 7.24. The van der Waals surface area contributed by atoms with E-state index < -0.39 is 0 Å². The molecule has 1 N–H and O–H groups in total. The lowest BCUT2D eigenvalue weighted by Gasteiger charge is -2.12. The molecule has 7 heteroatoms. The van der Waals surface area contributed by atoms with Crippen molar-refractivity contribution in [1.82, 2.24) is 29.8 Å². The van der Waals surface area contributed by atoms with E-state index in [9.17, 15) is 0 Å². The summed E-state index contributed by atoms with van der Waals surface area (Å²) in [5.41, 5.74) is 9.94. The van der Waals surface area contributed by atoms with Crippen molar-refractivity contribution in [2.24, 2.45) is 0 Å². The summed E-state index contributed by atoms with van der Waals surface area (Å²) < 4.78 is 3.67. The number of pyridine rings is 1. The van der Waals surface area contributed by atoms with Crippen LogP contribution in [0.15, 0.2) is 164 Å². The molecule has 10 rings (SSSR count). The lowest BCUT2D eigenvalue weighted by molar-refractivity contribution is 0.964. The number of nitrogens with one attached hydrogen (secondary N) is 1. The Bertz CT molecular complexity index is 2820. The van der Waals surface area contributed by atoms with Crippen LogP contribution in [-0.4, -0.2) is 31.0 Å². The molecule has 52 heavy (non-hydrogen) atoms. The normalized spacial score (nSPS) is 12.7. The van der Waals surface area contributed by atoms with E-state index >= 15 is 0 Å². The number of hydrogen-bond donors (Lipinski definition) is 1. The molecule has 0 atom stereocenters. The molecule has 0 saturated heterocycles. The third kappa shape index (κ3) is 5.10. The Morgan fingerprint density at radius 1 is 0.558 bits per heavy atom. The van der Waals surface area contributed by atoms with Gasteiger partial charge < -0.3 is 9.88 Å². The Hall–Kier alpha value is -6.70. The molecule has 0 saturated carbocycles. The molecule has 0 aliphatic carbocycles. The fraction of sp³-hybridized carbons (Fsp3) is 0.0222. The molecular formula is C45H30N6S. The van der Waals surface area contributed by atoms with Crippen LogP contribution in [0.4, 0.5) is 0 Å². The molecule has 4 aromatic heterocycles. The number of thiophene rings is 1. The first-order valence-electron chi connectivity index (χ1n) is 17.3. The third-order valence-electron chi connectivity index (χ3n) is 9.63. The van der Waals surface area contributed by atoms with Crippen LogP contribution in [0.2, 0.25) is 0 Å². The van der Waals surface area contributed by atoms with E-state index in [1.165, 1.54) is 53.5 Å². The van der Waals surface area contributed by atoms with Crippen molar-refractivity contribution in [3.05, 3.63) is 170 Å². The Balaban J connectivity index is 1.14. The predicted molar refractivity (Wildman–Crippen MR) is 214 cm³/mol. The van der Waals surface area contributed by atoms with Gasteiger partial charge in [0.1, 0.15) is 0 Å². The van der Waals surface area contributed by atoms with Crippen molar-refractivity contribution in [2.75, 3.05) is 6.54 Å². The monoisotopic (exact) mass is 686 g/mol. The average molecular weight is 687 g/mol. The molecule has 0 radical (unpaired) electrons. The van der Waals surface area contributed by atoms with Crippen molar-refractivity contribution < 1.29 is 0 Å². The minimum atomic E-state index is 0.617. The SMILES string of the molecule is C1=CC(c2nc(-c3ccncc3)nc(-c3ccc(-n4c5ccccc5c5c6sc(-c7ccccc7)c(-c7ccccc7)c6ccc54)cc3)n2)=CCN1. The summed E-state index contributed by atoms with van der Waals surface area (Å²) in [6.07, 6.45) is 9.55. The number of allylic oxidation sites excluding steroid dienone is 2. The van der Waals surface area contributed by atoms with Gasteiger partial charge in [0.05, 0.1) is 11.0 Å². The number of dihydropyridines is 1. The number of fused-ring (bicyclic) bond motifs is 5. The fourth-order valence-electron chi connectivity index (χ4n) is 7.21. The van der Waals surface area contributed by atoms with Gasteiger partial charge in [-0.05, 0) is 71.9 Å². The summed E-state index contributed by atoms with van der Waals surface area (Å²) in [4.78, 5) is 20.2. The maximum Gasteiger partial charge on any atom is 0.164 e. The lowest BCUT2D eigenvalue weighted by atomic mass is 9.98. The number of para-hydroxylation sites is 1. The van der Waals surface area contributed by atoms with Crippen LogP contribution in [0, 0.1) is 0 Å². The van der Waals surface area contributed by atoms with E-state index in [4.69, 9.17) is 15.0 Å². The lowest BCUT2D eigenvalue weighted by Crippen LogP contribution is -2.10. The minimum Gasteiger partial charge on any atom is -0.387 e. The van der Waals surface area contributed by atoms with Gasteiger partial charge in [0, 0.05) is 72.6 Å². The maximum absolute atomic E-state index is 4.95. The van der Waals surface area contributed by atoms with Gasteiger partial charge in [-0.25, -0.2) is 15.0 Å². The zero-order valence-electron chi connectivity index (χ0n) is 27.9. The van der Waals surface area contributed by atoms with E-state index in [1.807, 2.05) is 35.7 Å². The molecule has 246 valence electrons. The molecule has 9 aromatic rings. The van der Waals surface area contributed by atoms with Crippen LogP contribution in [0.5, 0.6) is 0 Å². The van der Waals surface area contributed by atoms with Gasteiger partial charge >= 0.3 is 0 Å². The topological polar surface area (TPSA) is 68.5 Å². The molecule has 0 fully saturated rings. The first-order chi connectivity index (χ1) is 25.8. The molecule has 0 spiro atoms. The van der Waals surface area contributed by atoms with Crippen molar-refractivity contribution in [3.8, 4) is 50.0 Å². The second-order valence-electron chi connectivity index (χ2n) is 12.7. The predicted octanol–water partition coefficient (Wildman–Crippen LogP) is 10.7. The Morgan fingerprint density at radius 3 is 1.96 bits per heavy atom. The van der Waals surface area contributed by atoms with Crippen molar-refractivity contribution in [1.29, 1.82) is 0 Å². The van der Waals surface area contributed by atoms with E-state index in [0.29, 0.717) is 17.5 Å². The van der Waals surface area contributed by atoms with Crippen LogP contribution >= 0.6 is 11.3 Å². The van der Waals surface area contributed by atoms with E-state index in [-0.39, 0.29) is 0 Å². The summed E-state index contributed by atoms with van der Waals surface area (Å²) in [7, 11) is 0. The van der Waals surface area contributed by atoms with E-state index in [0.717, 1.165) is 28.9 Å². The standard InChI is InChI=1S/C45H30N6S/c1-3-9-29(10-4-1)39-36-19-20-38-40(42(36)52-41(39)30-11-5-2-6-12-30)35-13-7-8-14-37(35)51(38)34-17-15-31(16-18-34)43-48-44(32-21-25-46-26-22-32)50-45(49-43)33-23-27-47-28-24-33/h1-27,47H,28H2. The van der Waals surface area contributed by atoms with Crippen molar-refractivity contribution in [3.63, 3.8) is 0 Å². The quantitative estimate of drug-likeness (QED) is 0.189. The molecule has 1 aliphatic heterocycles. The molecule has 6 nitrogen and oxygen atoms in total. The molecular weight excluding hydrogens is 657 g/mol. The van der Waals surface area contributed by atoms with Crippen LogP contribution in [-0.2, 0) is 0 Å². The molecule has 0 amide bonds. The van der Waals surface area contributed by atoms with Gasteiger partial charge in [0.2, 0.25) is 0 Å². The highest BCUT2D eigenvalue weighted by atomic mass is 32.1. The molecule has 5 heterocycles.